The van der Waals surface area contributed by atoms with Crippen LogP contribution in [0.25, 0.3) is 22.1 Å². The first-order valence-corrected chi connectivity index (χ1v) is 7.20. The van der Waals surface area contributed by atoms with Gasteiger partial charge in [0.05, 0.1) is 20.5 Å². The molecule has 3 aromatic rings. The van der Waals surface area contributed by atoms with Crippen LogP contribution in [0, 0.1) is 3.57 Å². The molecule has 0 unspecified atom stereocenters. The van der Waals surface area contributed by atoms with Crippen LogP contribution in [-0.4, -0.2) is 14.2 Å². The van der Waals surface area contributed by atoms with E-state index in [0.29, 0.717) is 11.5 Å². The van der Waals surface area contributed by atoms with Crippen molar-refractivity contribution < 1.29 is 13.9 Å². The van der Waals surface area contributed by atoms with Gasteiger partial charge in [0.1, 0.15) is 5.58 Å². The van der Waals surface area contributed by atoms with Gasteiger partial charge in [-0.25, -0.2) is 0 Å². The molecule has 0 radical (unpaired) electrons. The fourth-order valence-electron chi connectivity index (χ4n) is 2.24. The summed E-state index contributed by atoms with van der Waals surface area (Å²) in [6, 6.07) is 12.0. The van der Waals surface area contributed by atoms with E-state index in [4.69, 9.17) is 13.9 Å². The number of hydrogen-bond donors (Lipinski definition) is 0. The van der Waals surface area contributed by atoms with Gasteiger partial charge < -0.3 is 13.9 Å². The van der Waals surface area contributed by atoms with Gasteiger partial charge in [-0.2, -0.15) is 0 Å². The molecule has 1 heterocycles. The highest BCUT2D eigenvalue weighted by molar-refractivity contribution is 14.1. The van der Waals surface area contributed by atoms with Crippen molar-refractivity contribution in [1.82, 2.24) is 0 Å². The van der Waals surface area contributed by atoms with Crippen molar-refractivity contribution in [3.8, 4) is 22.6 Å². The Hall–Kier alpha value is -1.69. The summed E-state index contributed by atoms with van der Waals surface area (Å²) in [4.78, 5) is 0. The van der Waals surface area contributed by atoms with Crippen molar-refractivity contribution in [2.75, 3.05) is 14.2 Å². The minimum Gasteiger partial charge on any atom is -0.493 e. The van der Waals surface area contributed by atoms with Gasteiger partial charge in [0.25, 0.3) is 0 Å². The molecule has 1 aromatic heterocycles. The van der Waals surface area contributed by atoms with E-state index in [1.54, 1.807) is 20.5 Å². The molecule has 3 nitrogen and oxygen atoms in total. The zero-order valence-corrected chi connectivity index (χ0v) is 13.3. The molecule has 0 amide bonds. The number of rotatable bonds is 3. The Morgan fingerprint density at radius 2 is 1.65 bits per heavy atom. The first-order chi connectivity index (χ1) is 9.74. The van der Waals surface area contributed by atoms with E-state index in [1.165, 1.54) is 3.57 Å². The van der Waals surface area contributed by atoms with Crippen molar-refractivity contribution in [1.29, 1.82) is 0 Å². The lowest BCUT2D eigenvalue weighted by atomic mass is 10.0. The minimum absolute atomic E-state index is 0.670. The third-order valence-corrected chi connectivity index (χ3v) is 4.18. The third kappa shape index (κ3) is 2.14. The maximum absolute atomic E-state index is 5.66. The summed E-state index contributed by atoms with van der Waals surface area (Å²) in [5.41, 5.74) is 3.00. The lowest BCUT2D eigenvalue weighted by Crippen LogP contribution is -1.90. The first-order valence-electron chi connectivity index (χ1n) is 6.12. The van der Waals surface area contributed by atoms with Crippen LogP contribution in [-0.2, 0) is 0 Å². The van der Waals surface area contributed by atoms with E-state index in [-0.39, 0.29) is 0 Å². The number of methoxy groups -OCH3 is 2. The molecule has 0 N–H and O–H groups in total. The van der Waals surface area contributed by atoms with E-state index < -0.39 is 0 Å². The molecular weight excluding hydrogens is 367 g/mol. The fourth-order valence-corrected chi connectivity index (χ4v) is 2.92. The monoisotopic (exact) mass is 380 g/mol. The summed E-state index contributed by atoms with van der Waals surface area (Å²) in [7, 11) is 3.25. The van der Waals surface area contributed by atoms with Gasteiger partial charge in [-0.3, -0.25) is 0 Å². The Kier molecular flexibility index (Phi) is 3.56. The maximum Gasteiger partial charge on any atom is 0.164 e. The Labute approximate surface area is 130 Å². The molecule has 0 spiro atoms. The average molecular weight is 380 g/mol. The van der Waals surface area contributed by atoms with E-state index in [2.05, 4.69) is 34.7 Å². The SMILES string of the molecule is COc1cc2occ(-c3ccccc3I)c2cc1OC. The van der Waals surface area contributed by atoms with Crippen LogP contribution < -0.4 is 9.47 Å². The molecule has 20 heavy (non-hydrogen) atoms. The highest BCUT2D eigenvalue weighted by Crippen LogP contribution is 2.39. The number of hydrogen-bond acceptors (Lipinski definition) is 3. The first kappa shape index (κ1) is 13.3. The van der Waals surface area contributed by atoms with Gasteiger partial charge in [0.2, 0.25) is 0 Å². The molecule has 0 aliphatic rings. The molecule has 0 fully saturated rings. The van der Waals surface area contributed by atoms with Crippen LogP contribution in [0.2, 0.25) is 0 Å². The number of fused-ring (bicyclic) bond motifs is 1. The quantitative estimate of drug-likeness (QED) is 0.617. The molecule has 102 valence electrons. The molecule has 0 atom stereocenters. The van der Waals surface area contributed by atoms with E-state index in [1.807, 2.05) is 24.3 Å². The summed E-state index contributed by atoms with van der Waals surface area (Å²) in [5, 5.41) is 1.02. The van der Waals surface area contributed by atoms with Crippen LogP contribution in [0.1, 0.15) is 0 Å². The van der Waals surface area contributed by atoms with Crippen molar-refractivity contribution in [2.24, 2.45) is 0 Å². The highest BCUT2D eigenvalue weighted by Gasteiger charge is 2.14. The van der Waals surface area contributed by atoms with Crippen LogP contribution in [0.4, 0.5) is 0 Å². The number of ether oxygens (including phenoxy) is 2. The summed E-state index contributed by atoms with van der Waals surface area (Å²) in [6.07, 6.45) is 1.78. The van der Waals surface area contributed by atoms with Gasteiger partial charge in [-0.1, -0.05) is 18.2 Å². The average Bonchev–Trinajstić information content (AvgIpc) is 2.89. The Morgan fingerprint density at radius 3 is 2.35 bits per heavy atom. The van der Waals surface area contributed by atoms with E-state index >= 15 is 0 Å². The van der Waals surface area contributed by atoms with Gasteiger partial charge in [0, 0.05) is 20.6 Å². The second-order valence-corrected chi connectivity index (χ2v) is 5.49. The number of furan rings is 1. The van der Waals surface area contributed by atoms with Crippen molar-refractivity contribution in [2.45, 2.75) is 0 Å². The Morgan fingerprint density at radius 1 is 0.950 bits per heavy atom. The maximum atomic E-state index is 5.66. The normalized spacial score (nSPS) is 10.8. The lowest BCUT2D eigenvalue weighted by Gasteiger charge is -2.07. The topological polar surface area (TPSA) is 31.6 Å². The van der Waals surface area contributed by atoms with Crippen molar-refractivity contribution >= 4 is 33.6 Å². The van der Waals surface area contributed by atoms with Crippen molar-refractivity contribution in [3.05, 3.63) is 46.2 Å². The summed E-state index contributed by atoms with van der Waals surface area (Å²) in [5.74, 6) is 1.37. The molecule has 0 saturated heterocycles. The summed E-state index contributed by atoms with van der Waals surface area (Å²) < 4.78 is 17.5. The van der Waals surface area contributed by atoms with Crippen LogP contribution in [0.5, 0.6) is 11.5 Å². The number of halogens is 1. The molecule has 0 saturated carbocycles. The Bertz CT molecular complexity index is 762. The Balaban J connectivity index is 2.26. The summed E-state index contributed by atoms with van der Waals surface area (Å²) in [6.45, 7) is 0. The predicted molar refractivity (Wildman–Crippen MR) is 87.5 cm³/mol. The molecule has 3 rings (SSSR count). The second-order valence-electron chi connectivity index (χ2n) is 4.33. The molecular formula is C16H13IO3. The molecule has 0 aliphatic carbocycles. The van der Waals surface area contributed by atoms with Crippen LogP contribution in [0.3, 0.4) is 0 Å². The van der Waals surface area contributed by atoms with Crippen molar-refractivity contribution in [3.63, 3.8) is 0 Å². The molecule has 0 bridgehead atoms. The van der Waals surface area contributed by atoms with Gasteiger partial charge in [0.15, 0.2) is 11.5 Å². The summed E-state index contributed by atoms with van der Waals surface area (Å²) >= 11 is 2.33. The standard InChI is InChI=1S/C16H13IO3/c1-18-15-7-11-12(10-5-3-4-6-13(10)17)9-20-14(11)8-16(15)19-2/h3-9H,1-2H3. The van der Waals surface area contributed by atoms with E-state index in [9.17, 15) is 0 Å². The zero-order chi connectivity index (χ0) is 14.1. The third-order valence-electron chi connectivity index (χ3n) is 3.24. The van der Waals surface area contributed by atoms with E-state index in [0.717, 1.165) is 22.1 Å². The predicted octanol–water partition coefficient (Wildman–Crippen LogP) is 4.72. The second kappa shape index (κ2) is 5.36. The molecule has 0 aliphatic heterocycles. The largest absolute Gasteiger partial charge is 0.493 e. The number of benzene rings is 2. The van der Waals surface area contributed by atoms with Gasteiger partial charge in [-0.05, 0) is 40.3 Å². The molecule has 2 aromatic carbocycles. The lowest BCUT2D eigenvalue weighted by molar-refractivity contribution is 0.355. The molecule has 4 heteroatoms. The van der Waals surface area contributed by atoms with Gasteiger partial charge >= 0.3 is 0 Å². The fraction of sp³-hybridized carbons (Fsp3) is 0.125. The highest BCUT2D eigenvalue weighted by atomic mass is 127. The van der Waals surface area contributed by atoms with Crippen LogP contribution in [0.15, 0.2) is 47.1 Å². The van der Waals surface area contributed by atoms with Gasteiger partial charge in [-0.15, -0.1) is 0 Å². The van der Waals surface area contributed by atoms with Crippen LogP contribution >= 0.6 is 22.6 Å². The zero-order valence-electron chi connectivity index (χ0n) is 11.1. The smallest absolute Gasteiger partial charge is 0.164 e. The minimum atomic E-state index is 0.670.